The first kappa shape index (κ1) is 17.7. The highest BCUT2D eigenvalue weighted by Gasteiger charge is 2.20. The summed E-state index contributed by atoms with van der Waals surface area (Å²) in [4.78, 5) is 24.4. The number of amides is 2. The monoisotopic (exact) mass is 380 g/mol. The number of halogens is 3. The Labute approximate surface area is 149 Å². The van der Waals surface area contributed by atoms with Crippen LogP contribution in [-0.4, -0.2) is 11.8 Å². The third kappa shape index (κ3) is 3.47. The van der Waals surface area contributed by atoms with Crippen LogP contribution in [0.5, 0.6) is 0 Å². The number of carbonyl (C=O) groups excluding carboxylic acids is 2. The fourth-order valence-corrected chi connectivity index (χ4v) is 3.11. The van der Waals surface area contributed by atoms with Crippen LogP contribution < -0.4 is 10.6 Å². The quantitative estimate of drug-likeness (QED) is 0.652. The second-order valence-corrected chi connectivity index (χ2v) is 6.28. The molecule has 0 atom stereocenters. The van der Waals surface area contributed by atoms with Gasteiger partial charge in [0.05, 0.1) is 21.8 Å². The Kier molecular flexibility index (Phi) is 4.81. The lowest BCUT2D eigenvalue weighted by molar-refractivity contribution is 0.0995. The number of nitrogens with one attached hydrogen (secondary N) is 2. The molecule has 0 radical (unpaired) electrons. The molecular formula is C17H11F3N2O3S. The number of furan rings is 1. The van der Waals surface area contributed by atoms with E-state index < -0.39 is 35.0 Å². The average molecular weight is 380 g/mol. The summed E-state index contributed by atoms with van der Waals surface area (Å²) >= 11 is 0.950. The molecule has 2 aromatic heterocycles. The van der Waals surface area contributed by atoms with Gasteiger partial charge in [-0.1, -0.05) is 0 Å². The number of rotatable bonds is 4. The van der Waals surface area contributed by atoms with Crippen LogP contribution >= 0.6 is 11.3 Å². The summed E-state index contributed by atoms with van der Waals surface area (Å²) in [6.45, 7) is 1.62. The van der Waals surface area contributed by atoms with Crippen molar-refractivity contribution in [3.05, 3.63) is 70.2 Å². The minimum absolute atomic E-state index is 0.103. The molecule has 9 heteroatoms. The Morgan fingerprint density at radius 3 is 2.50 bits per heavy atom. The van der Waals surface area contributed by atoms with E-state index in [0.717, 1.165) is 17.4 Å². The predicted molar refractivity (Wildman–Crippen MR) is 90.0 cm³/mol. The van der Waals surface area contributed by atoms with Crippen LogP contribution in [-0.2, 0) is 0 Å². The van der Waals surface area contributed by atoms with Gasteiger partial charge in [0.2, 0.25) is 0 Å². The Morgan fingerprint density at radius 1 is 1.04 bits per heavy atom. The number of anilines is 2. The lowest BCUT2D eigenvalue weighted by Crippen LogP contribution is -2.13. The van der Waals surface area contributed by atoms with Crippen LogP contribution in [0.25, 0.3) is 0 Å². The average Bonchev–Trinajstić information content (AvgIpc) is 3.25. The summed E-state index contributed by atoms with van der Waals surface area (Å²) in [7, 11) is 0. The van der Waals surface area contributed by atoms with E-state index in [4.69, 9.17) is 4.42 Å². The highest BCUT2D eigenvalue weighted by molar-refractivity contribution is 7.18. The SMILES string of the molecule is Cc1cc(NC(=O)c2ccco2)sc1C(=O)Nc1ccc(F)c(F)c1F. The topological polar surface area (TPSA) is 71.3 Å². The lowest BCUT2D eigenvalue weighted by atomic mass is 10.2. The van der Waals surface area contributed by atoms with Crippen LogP contribution in [0.15, 0.2) is 41.0 Å². The van der Waals surface area contributed by atoms with E-state index in [1.807, 2.05) is 0 Å². The van der Waals surface area contributed by atoms with Crippen LogP contribution in [0.2, 0.25) is 0 Å². The molecule has 0 saturated heterocycles. The molecule has 0 fully saturated rings. The number of benzene rings is 1. The number of carbonyl (C=O) groups is 2. The minimum Gasteiger partial charge on any atom is -0.459 e. The molecule has 0 aliphatic heterocycles. The van der Waals surface area contributed by atoms with Gasteiger partial charge in [-0.2, -0.15) is 0 Å². The molecule has 0 bridgehead atoms. The summed E-state index contributed by atoms with van der Waals surface area (Å²) in [5, 5.41) is 5.14. The van der Waals surface area contributed by atoms with Gasteiger partial charge in [-0.15, -0.1) is 11.3 Å². The number of thiophene rings is 1. The Bertz CT molecular complexity index is 984. The van der Waals surface area contributed by atoms with E-state index in [0.29, 0.717) is 16.6 Å². The largest absolute Gasteiger partial charge is 0.459 e. The van der Waals surface area contributed by atoms with E-state index in [-0.39, 0.29) is 10.6 Å². The minimum atomic E-state index is -1.67. The molecule has 0 saturated carbocycles. The molecule has 0 spiro atoms. The smallest absolute Gasteiger partial charge is 0.291 e. The van der Waals surface area contributed by atoms with Crippen molar-refractivity contribution in [3.63, 3.8) is 0 Å². The van der Waals surface area contributed by atoms with Crippen molar-refractivity contribution in [1.82, 2.24) is 0 Å². The zero-order valence-corrected chi connectivity index (χ0v) is 14.0. The van der Waals surface area contributed by atoms with Crippen molar-refractivity contribution in [2.75, 3.05) is 10.6 Å². The highest BCUT2D eigenvalue weighted by Crippen LogP contribution is 2.29. The molecule has 0 unspecified atom stereocenters. The predicted octanol–water partition coefficient (Wildman–Crippen LogP) is 4.57. The second kappa shape index (κ2) is 7.04. The van der Waals surface area contributed by atoms with Crippen LogP contribution in [0.3, 0.4) is 0 Å². The normalized spacial score (nSPS) is 10.6. The van der Waals surface area contributed by atoms with Gasteiger partial charge in [-0.3, -0.25) is 9.59 Å². The van der Waals surface area contributed by atoms with E-state index in [1.54, 1.807) is 19.1 Å². The Balaban J connectivity index is 1.77. The zero-order valence-electron chi connectivity index (χ0n) is 13.2. The van der Waals surface area contributed by atoms with Crippen LogP contribution in [0.4, 0.5) is 23.9 Å². The summed E-state index contributed by atoms with van der Waals surface area (Å²) < 4.78 is 44.9. The van der Waals surface area contributed by atoms with E-state index in [1.165, 1.54) is 12.3 Å². The third-order valence-electron chi connectivity index (χ3n) is 3.39. The molecule has 1 aromatic carbocycles. The van der Waals surface area contributed by atoms with Crippen LogP contribution in [0, 0.1) is 24.4 Å². The highest BCUT2D eigenvalue weighted by atomic mass is 32.1. The maximum atomic E-state index is 13.7. The van der Waals surface area contributed by atoms with Gasteiger partial charge < -0.3 is 15.1 Å². The van der Waals surface area contributed by atoms with Crippen molar-refractivity contribution in [2.24, 2.45) is 0 Å². The van der Waals surface area contributed by atoms with Gasteiger partial charge in [0.1, 0.15) is 0 Å². The fourth-order valence-electron chi connectivity index (χ4n) is 2.15. The standard InChI is InChI=1S/C17H11F3N2O3S/c1-8-7-12(22-16(23)11-3-2-6-25-11)26-15(8)17(24)21-10-5-4-9(18)13(19)14(10)20/h2-7H,1H3,(H,21,24)(H,22,23). The Morgan fingerprint density at radius 2 is 1.81 bits per heavy atom. The first-order valence-electron chi connectivity index (χ1n) is 7.27. The molecule has 134 valence electrons. The second-order valence-electron chi connectivity index (χ2n) is 5.23. The first-order chi connectivity index (χ1) is 12.4. The van der Waals surface area contributed by atoms with Crippen molar-refractivity contribution in [3.8, 4) is 0 Å². The van der Waals surface area contributed by atoms with Crippen molar-refractivity contribution in [1.29, 1.82) is 0 Å². The van der Waals surface area contributed by atoms with Gasteiger partial charge in [0.15, 0.2) is 23.2 Å². The van der Waals surface area contributed by atoms with Gasteiger partial charge in [0.25, 0.3) is 11.8 Å². The Hall–Kier alpha value is -3.07. The van der Waals surface area contributed by atoms with Gasteiger partial charge in [0, 0.05) is 0 Å². The third-order valence-corrected chi connectivity index (χ3v) is 4.54. The van der Waals surface area contributed by atoms with Crippen molar-refractivity contribution < 1.29 is 27.2 Å². The van der Waals surface area contributed by atoms with E-state index in [2.05, 4.69) is 10.6 Å². The molecule has 0 aliphatic rings. The molecule has 3 aromatic rings. The number of aryl methyl sites for hydroxylation is 1. The van der Waals surface area contributed by atoms with Crippen molar-refractivity contribution in [2.45, 2.75) is 6.92 Å². The molecule has 2 amide bonds. The molecule has 2 heterocycles. The molecule has 2 N–H and O–H groups in total. The van der Waals surface area contributed by atoms with Crippen molar-refractivity contribution >= 4 is 33.8 Å². The van der Waals surface area contributed by atoms with Crippen LogP contribution in [0.1, 0.15) is 25.8 Å². The maximum absolute atomic E-state index is 13.7. The molecular weight excluding hydrogens is 369 g/mol. The number of hydrogen-bond acceptors (Lipinski definition) is 4. The molecule has 3 rings (SSSR count). The summed E-state index contributed by atoms with van der Waals surface area (Å²) in [5.74, 6) is -5.61. The zero-order chi connectivity index (χ0) is 18.8. The summed E-state index contributed by atoms with van der Waals surface area (Å²) in [6.07, 6.45) is 1.35. The molecule has 0 aliphatic carbocycles. The maximum Gasteiger partial charge on any atom is 0.291 e. The fraction of sp³-hybridized carbons (Fsp3) is 0.0588. The summed E-state index contributed by atoms with van der Waals surface area (Å²) in [5.41, 5.74) is 0.0353. The van der Waals surface area contributed by atoms with Gasteiger partial charge >= 0.3 is 0 Å². The van der Waals surface area contributed by atoms with Gasteiger partial charge in [-0.25, -0.2) is 13.2 Å². The van der Waals surface area contributed by atoms with E-state index in [9.17, 15) is 22.8 Å². The first-order valence-corrected chi connectivity index (χ1v) is 8.08. The van der Waals surface area contributed by atoms with E-state index >= 15 is 0 Å². The molecule has 26 heavy (non-hydrogen) atoms. The molecule has 5 nitrogen and oxygen atoms in total. The summed E-state index contributed by atoms with van der Waals surface area (Å²) in [6, 6.07) is 6.24. The number of hydrogen-bond donors (Lipinski definition) is 2. The van der Waals surface area contributed by atoms with Gasteiger partial charge in [-0.05, 0) is 42.8 Å². The lowest BCUT2D eigenvalue weighted by Gasteiger charge is -2.06.